The lowest BCUT2D eigenvalue weighted by atomic mass is 10.0. The zero-order valence-corrected chi connectivity index (χ0v) is 11.4. The molecule has 98 valence electrons. The van der Waals surface area contributed by atoms with Gasteiger partial charge in [-0.3, -0.25) is 9.48 Å². The summed E-state index contributed by atoms with van der Waals surface area (Å²) >= 11 is 0. The molecule has 1 saturated carbocycles. The van der Waals surface area contributed by atoms with E-state index in [0.717, 1.165) is 32.4 Å². The highest BCUT2D eigenvalue weighted by Gasteiger charge is 2.35. The Morgan fingerprint density at radius 1 is 1.39 bits per heavy atom. The second-order valence-electron chi connectivity index (χ2n) is 6.48. The van der Waals surface area contributed by atoms with E-state index in [0.29, 0.717) is 11.8 Å². The van der Waals surface area contributed by atoms with Crippen molar-refractivity contribution in [2.45, 2.75) is 52.1 Å². The minimum atomic E-state index is 0.0241. The quantitative estimate of drug-likeness (QED) is 0.760. The first-order valence-corrected chi connectivity index (χ1v) is 6.82. The van der Waals surface area contributed by atoms with Gasteiger partial charge >= 0.3 is 0 Å². The Bertz CT molecular complexity index is 480. The van der Waals surface area contributed by atoms with Crippen LogP contribution in [0.15, 0.2) is 6.20 Å². The lowest BCUT2D eigenvalue weighted by Crippen LogP contribution is -2.38. The maximum absolute atomic E-state index is 12.1. The minimum absolute atomic E-state index is 0.0241. The standard InChI is InChI=1S/C14H21N3O/c1-14(2,3)17-12-6-7-16(9-11(12)8-15-17)13(18)10-4-5-10/h8,10H,4-7,9H2,1-3H3. The number of hydrogen-bond donors (Lipinski definition) is 0. The number of nitrogens with zero attached hydrogens (tertiary/aromatic N) is 3. The SMILES string of the molecule is CC(C)(C)n1ncc2c1CCN(C(=O)C1CC1)C2. The first-order chi connectivity index (χ1) is 8.47. The number of carbonyl (C=O) groups excluding carboxylic acids is 1. The molecule has 1 aliphatic carbocycles. The molecule has 0 aromatic carbocycles. The summed E-state index contributed by atoms with van der Waals surface area (Å²) in [6, 6.07) is 0. The van der Waals surface area contributed by atoms with Crippen molar-refractivity contribution >= 4 is 5.91 Å². The molecule has 0 N–H and O–H groups in total. The van der Waals surface area contributed by atoms with E-state index in [4.69, 9.17) is 0 Å². The second-order valence-corrected chi connectivity index (χ2v) is 6.48. The third-order valence-electron chi connectivity index (χ3n) is 3.81. The number of hydrogen-bond acceptors (Lipinski definition) is 2. The molecular formula is C14H21N3O. The van der Waals surface area contributed by atoms with Crippen molar-refractivity contribution in [3.63, 3.8) is 0 Å². The van der Waals surface area contributed by atoms with Gasteiger partial charge in [0.05, 0.1) is 11.7 Å². The summed E-state index contributed by atoms with van der Waals surface area (Å²) in [6.45, 7) is 8.11. The van der Waals surface area contributed by atoms with Gasteiger partial charge in [0.2, 0.25) is 5.91 Å². The van der Waals surface area contributed by atoms with E-state index in [1.54, 1.807) is 0 Å². The highest BCUT2D eigenvalue weighted by Crippen LogP contribution is 2.33. The van der Waals surface area contributed by atoms with Gasteiger partial charge in [-0.1, -0.05) is 0 Å². The smallest absolute Gasteiger partial charge is 0.225 e. The number of carbonyl (C=O) groups is 1. The lowest BCUT2D eigenvalue weighted by Gasteiger charge is -2.30. The van der Waals surface area contributed by atoms with Gasteiger partial charge in [0.25, 0.3) is 0 Å². The first kappa shape index (κ1) is 11.8. The fourth-order valence-electron chi connectivity index (χ4n) is 2.69. The summed E-state index contributed by atoms with van der Waals surface area (Å²) in [7, 11) is 0. The van der Waals surface area contributed by atoms with Gasteiger partial charge in [-0.2, -0.15) is 5.10 Å². The monoisotopic (exact) mass is 247 g/mol. The second kappa shape index (κ2) is 3.84. The summed E-state index contributed by atoms with van der Waals surface area (Å²) in [5.41, 5.74) is 2.56. The molecule has 0 atom stereocenters. The van der Waals surface area contributed by atoms with Gasteiger partial charge < -0.3 is 4.90 Å². The Balaban J connectivity index is 1.82. The molecule has 2 heterocycles. The fraction of sp³-hybridized carbons (Fsp3) is 0.714. The highest BCUT2D eigenvalue weighted by atomic mass is 16.2. The maximum Gasteiger partial charge on any atom is 0.225 e. The molecule has 4 nitrogen and oxygen atoms in total. The number of rotatable bonds is 1. The fourth-order valence-corrected chi connectivity index (χ4v) is 2.69. The first-order valence-electron chi connectivity index (χ1n) is 6.82. The summed E-state index contributed by atoms with van der Waals surface area (Å²) in [5, 5.41) is 4.50. The van der Waals surface area contributed by atoms with Gasteiger partial charge in [0.15, 0.2) is 0 Å². The number of aromatic nitrogens is 2. The van der Waals surface area contributed by atoms with Crippen LogP contribution >= 0.6 is 0 Å². The van der Waals surface area contributed by atoms with Crippen LogP contribution in [0.3, 0.4) is 0 Å². The van der Waals surface area contributed by atoms with Crippen LogP contribution in [0.2, 0.25) is 0 Å². The molecule has 2 aliphatic rings. The Morgan fingerprint density at radius 2 is 2.11 bits per heavy atom. The number of fused-ring (bicyclic) bond motifs is 1. The largest absolute Gasteiger partial charge is 0.338 e. The molecule has 1 amide bonds. The molecule has 0 bridgehead atoms. The average Bonchev–Trinajstić information content (AvgIpc) is 3.05. The minimum Gasteiger partial charge on any atom is -0.338 e. The van der Waals surface area contributed by atoms with Gasteiger partial charge in [-0.05, 0) is 33.6 Å². The highest BCUT2D eigenvalue weighted by molar-refractivity contribution is 5.81. The van der Waals surface area contributed by atoms with E-state index in [-0.39, 0.29) is 5.54 Å². The van der Waals surface area contributed by atoms with Gasteiger partial charge in [-0.25, -0.2) is 0 Å². The van der Waals surface area contributed by atoms with Crippen LogP contribution in [-0.2, 0) is 23.3 Å². The van der Waals surface area contributed by atoms with E-state index in [1.165, 1.54) is 11.3 Å². The summed E-state index contributed by atoms with van der Waals surface area (Å²) in [5.74, 6) is 0.674. The van der Waals surface area contributed by atoms with Crippen LogP contribution in [0.25, 0.3) is 0 Å². The molecule has 4 heteroatoms. The van der Waals surface area contributed by atoms with Crippen molar-refractivity contribution in [2.75, 3.05) is 6.54 Å². The molecule has 0 radical (unpaired) electrons. The Morgan fingerprint density at radius 3 is 2.72 bits per heavy atom. The molecule has 0 spiro atoms. The van der Waals surface area contributed by atoms with Crippen molar-refractivity contribution in [2.24, 2.45) is 5.92 Å². The van der Waals surface area contributed by atoms with Crippen molar-refractivity contribution in [1.82, 2.24) is 14.7 Å². The molecule has 0 unspecified atom stereocenters. The molecule has 18 heavy (non-hydrogen) atoms. The van der Waals surface area contributed by atoms with E-state index in [2.05, 4.69) is 30.6 Å². The topological polar surface area (TPSA) is 38.1 Å². The van der Waals surface area contributed by atoms with Crippen LogP contribution in [0.4, 0.5) is 0 Å². The summed E-state index contributed by atoms with van der Waals surface area (Å²) in [6.07, 6.45) is 5.05. The Labute approximate surface area is 108 Å². The predicted molar refractivity (Wildman–Crippen MR) is 69.1 cm³/mol. The number of amides is 1. The van der Waals surface area contributed by atoms with Crippen LogP contribution in [0.1, 0.15) is 44.9 Å². The molecule has 1 aromatic rings. The van der Waals surface area contributed by atoms with E-state index in [9.17, 15) is 4.79 Å². The summed E-state index contributed by atoms with van der Waals surface area (Å²) < 4.78 is 2.11. The average molecular weight is 247 g/mol. The normalized spacial score (nSPS) is 19.8. The summed E-state index contributed by atoms with van der Waals surface area (Å²) in [4.78, 5) is 14.1. The van der Waals surface area contributed by atoms with E-state index >= 15 is 0 Å². The Kier molecular flexibility index (Phi) is 2.50. The lowest BCUT2D eigenvalue weighted by molar-refractivity contribution is -0.133. The third-order valence-corrected chi connectivity index (χ3v) is 3.81. The van der Waals surface area contributed by atoms with E-state index in [1.807, 2.05) is 11.1 Å². The van der Waals surface area contributed by atoms with Crippen molar-refractivity contribution in [3.8, 4) is 0 Å². The van der Waals surface area contributed by atoms with Crippen molar-refractivity contribution in [3.05, 3.63) is 17.5 Å². The van der Waals surface area contributed by atoms with Crippen LogP contribution in [0, 0.1) is 5.92 Å². The molecule has 0 saturated heterocycles. The third kappa shape index (κ3) is 1.93. The molecule has 1 aliphatic heterocycles. The van der Waals surface area contributed by atoms with Gasteiger partial charge in [0.1, 0.15) is 0 Å². The zero-order valence-electron chi connectivity index (χ0n) is 11.4. The molecule has 1 fully saturated rings. The zero-order chi connectivity index (χ0) is 12.9. The van der Waals surface area contributed by atoms with Gasteiger partial charge in [-0.15, -0.1) is 0 Å². The van der Waals surface area contributed by atoms with Crippen molar-refractivity contribution in [1.29, 1.82) is 0 Å². The van der Waals surface area contributed by atoms with Crippen molar-refractivity contribution < 1.29 is 4.79 Å². The maximum atomic E-state index is 12.1. The molecular weight excluding hydrogens is 226 g/mol. The van der Waals surface area contributed by atoms with E-state index < -0.39 is 0 Å². The molecule has 3 rings (SSSR count). The molecule has 1 aromatic heterocycles. The van der Waals surface area contributed by atoms with Crippen LogP contribution < -0.4 is 0 Å². The van der Waals surface area contributed by atoms with Crippen LogP contribution in [0.5, 0.6) is 0 Å². The Hall–Kier alpha value is -1.32. The predicted octanol–water partition coefficient (Wildman–Crippen LogP) is 1.93. The van der Waals surface area contributed by atoms with Gasteiger partial charge in [0, 0.05) is 36.7 Å². The van der Waals surface area contributed by atoms with Crippen LogP contribution in [-0.4, -0.2) is 27.1 Å².